The van der Waals surface area contributed by atoms with Crippen molar-refractivity contribution in [3.8, 4) is 5.75 Å². The molecule has 0 bridgehead atoms. The van der Waals surface area contributed by atoms with Gasteiger partial charge in [0, 0.05) is 18.6 Å². The van der Waals surface area contributed by atoms with Crippen molar-refractivity contribution in [1.29, 1.82) is 0 Å². The van der Waals surface area contributed by atoms with Crippen LogP contribution in [0.3, 0.4) is 0 Å². The average Bonchev–Trinajstić information content (AvgIpc) is 2.34. The summed E-state index contributed by atoms with van der Waals surface area (Å²) in [6.07, 6.45) is -0.468. The molecule has 0 aliphatic heterocycles. The van der Waals surface area contributed by atoms with Crippen molar-refractivity contribution in [2.75, 3.05) is 13.2 Å². The van der Waals surface area contributed by atoms with Crippen molar-refractivity contribution in [3.05, 3.63) is 29.8 Å². The third-order valence-corrected chi connectivity index (χ3v) is 3.27. The van der Waals surface area contributed by atoms with E-state index in [1.54, 1.807) is 0 Å². The van der Waals surface area contributed by atoms with Crippen LogP contribution in [0.25, 0.3) is 0 Å². The van der Waals surface area contributed by atoms with Crippen LogP contribution in [0.4, 0.5) is 0 Å². The number of hydrogen-bond donors (Lipinski definition) is 1. The summed E-state index contributed by atoms with van der Waals surface area (Å²) in [4.78, 5) is 2.27. The van der Waals surface area contributed by atoms with Crippen molar-refractivity contribution >= 4 is 0 Å². The van der Waals surface area contributed by atoms with Crippen LogP contribution in [0, 0.1) is 6.92 Å². The number of rotatable bonds is 7. The second-order valence-corrected chi connectivity index (χ2v) is 5.61. The van der Waals surface area contributed by atoms with E-state index in [2.05, 4.69) is 32.6 Å². The van der Waals surface area contributed by atoms with Gasteiger partial charge in [-0.2, -0.15) is 0 Å². The maximum Gasteiger partial charge on any atom is 0.122 e. The lowest BCUT2D eigenvalue weighted by Gasteiger charge is -2.32. The lowest BCUT2D eigenvalue weighted by atomic mass is 10.2. The van der Waals surface area contributed by atoms with E-state index in [4.69, 9.17) is 4.74 Å². The minimum atomic E-state index is -0.468. The summed E-state index contributed by atoms with van der Waals surface area (Å²) < 4.78 is 5.68. The maximum absolute atomic E-state index is 10.1. The SMILES string of the molecule is Cc1ccccc1OC[C@@H](O)CN(C(C)C)C(C)C. The van der Waals surface area contributed by atoms with Gasteiger partial charge in [-0.15, -0.1) is 0 Å². The molecule has 3 nitrogen and oxygen atoms in total. The van der Waals surface area contributed by atoms with E-state index in [1.165, 1.54) is 0 Å². The Hall–Kier alpha value is -1.06. The van der Waals surface area contributed by atoms with E-state index in [9.17, 15) is 5.11 Å². The Morgan fingerprint density at radius 2 is 1.68 bits per heavy atom. The summed E-state index contributed by atoms with van der Waals surface area (Å²) >= 11 is 0. The van der Waals surface area contributed by atoms with Gasteiger partial charge >= 0.3 is 0 Å². The van der Waals surface area contributed by atoms with Crippen molar-refractivity contribution in [3.63, 3.8) is 0 Å². The lowest BCUT2D eigenvalue weighted by Crippen LogP contribution is -2.43. The highest BCUT2D eigenvalue weighted by molar-refractivity contribution is 5.31. The molecular formula is C16H27NO2. The molecule has 1 atom stereocenters. The topological polar surface area (TPSA) is 32.7 Å². The highest BCUT2D eigenvalue weighted by Crippen LogP contribution is 2.16. The lowest BCUT2D eigenvalue weighted by molar-refractivity contribution is 0.0444. The van der Waals surface area contributed by atoms with Gasteiger partial charge in [0.2, 0.25) is 0 Å². The number of aliphatic hydroxyl groups excluding tert-OH is 1. The third kappa shape index (κ3) is 5.21. The second kappa shape index (κ2) is 7.51. The second-order valence-electron chi connectivity index (χ2n) is 5.61. The number of hydrogen-bond acceptors (Lipinski definition) is 3. The Kier molecular flexibility index (Phi) is 6.32. The van der Waals surface area contributed by atoms with E-state index in [0.717, 1.165) is 11.3 Å². The smallest absolute Gasteiger partial charge is 0.122 e. The molecule has 0 amide bonds. The standard InChI is InChI=1S/C16H27NO2/c1-12(2)17(13(3)4)10-15(18)11-19-16-9-7-6-8-14(16)5/h6-9,12-13,15,18H,10-11H2,1-5H3/t15-/m0/s1. The van der Waals surface area contributed by atoms with Gasteiger partial charge < -0.3 is 9.84 Å². The van der Waals surface area contributed by atoms with Gasteiger partial charge in [-0.25, -0.2) is 0 Å². The number of nitrogens with zero attached hydrogens (tertiary/aromatic N) is 1. The van der Waals surface area contributed by atoms with Crippen LogP contribution in [-0.4, -0.2) is 41.3 Å². The monoisotopic (exact) mass is 265 g/mol. The predicted molar refractivity (Wildman–Crippen MR) is 79.7 cm³/mol. The van der Waals surface area contributed by atoms with Crippen molar-refractivity contribution in [1.82, 2.24) is 4.90 Å². The molecule has 0 radical (unpaired) electrons. The van der Waals surface area contributed by atoms with Gasteiger partial charge in [-0.1, -0.05) is 18.2 Å². The molecule has 108 valence electrons. The predicted octanol–water partition coefficient (Wildman–Crippen LogP) is 2.85. The number of aliphatic hydroxyl groups is 1. The summed E-state index contributed by atoms with van der Waals surface area (Å²) in [6, 6.07) is 8.73. The Bertz CT molecular complexity index is 369. The summed E-state index contributed by atoms with van der Waals surface area (Å²) in [5, 5.41) is 10.1. The van der Waals surface area contributed by atoms with Crippen LogP contribution >= 0.6 is 0 Å². The number of ether oxygens (including phenoxy) is 1. The van der Waals surface area contributed by atoms with Crippen molar-refractivity contribution in [2.24, 2.45) is 0 Å². The maximum atomic E-state index is 10.1. The summed E-state index contributed by atoms with van der Waals surface area (Å²) in [5.74, 6) is 0.849. The van der Waals surface area contributed by atoms with E-state index < -0.39 is 6.10 Å². The van der Waals surface area contributed by atoms with E-state index in [0.29, 0.717) is 25.2 Å². The molecule has 0 saturated heterocycles. The van der Waals surface area contributed by atoms with Crippen LogP contribution < -0.4 is 4.74 Å². The highest BCUT2D eigenvalue weighted by atomic mass is 16.5. The molecule has 0 saturated carbocycles. The Morgan fingerprint density at radius 1 is 1.11 bits per heavy atom. The fourth-order valence-electron chi connectivity index (χ4n) is 2.22. The summed E-state index contributed by atoms with van der Waals surface area (Å²) in [7, 11) is 0. The first-order chi connectivity index (χ1) is 8.91. The van der Waals surface area contributed by atoms with Crippen LogP contribution in [-0.2, 0) is 0 Å². The van der Waals surface area contributed by atoms with E-state index >= 15 is 0 Å². The molecule has 3 heteroatoms. The molecule has 0 aromatic heterocycles. The molecule has 1 rings (SSSR count). The van der Waals surface area contributed by atoms with Gasteiger partial charge in [-0.3, -0.25) is 4.90 Å². The molecular weight excluding hydrogens is 238 g/mol. The van der Waals surface area contributed by atoms with Gasteiger partial charge in [0.15, 0.2) is 0 Å². The van der Waals surface area contributed by atoms with E-state index in [-0.39, 0.29) is 0 Å². The van der Waals surface area contributed by atoms with Gasteiger partial charge in [0.25, 0.3) is 0 Å². The minimum absolute atomic E-state index is 0.334. The molecule has 19 heavy (non-hydrogen) atoms. The van der Waals surface area contributed by atoms with Gasteiger partial charge in [-0.05, 0) is 46.2 Å². The molecule has 0 aliphatic rings. The third-order valence-electron chi connectivity index (χ3n) is 3.27. The van der Waals surface area contributed by atoms with Crippen molar-refractivity contribution in [2.45, 2.75) is 52.8 Å². The van der Waals surface area contributed by atoms with Gasteiger partial charge in [0.1, 0.15) is 18.5 Å². The zero-order valence-corrected chi connectivity index (χ0v) is 12.8. The normalized spacial score (nSPS) is 13.3. The van der Waals surface area contributed by atoms with Crippen molar-refractivity contribution < 1.29 is 9.84 Å². The van der Waals surface area contributed by atoms with Gasteiger partial charge in [0.05, 0.1) is 0 Å². The number of benzene rings is 1. The molecule has 0 fully saturated rings. The molecule has 0 heterocycles. The number of aryl methyl sites for hydroxylation is 1. The minimum Gasteiger partial charge on any atom is -0.491 e. The number of para-hydroxylation sites is 1. The first kappa shape index (κ1) is 16.0. The Labute approximate surface area is 117 Å². The van der Waals surface area contributed by atoms with Crippen LogP contribution in [0.2, 0.25) is 0 Å². The molecule has 0 unspecified atom stereocenters. The Morgan fingerprint density at radius 3 is 2.21 bits per heavy atom. The first-order valence-corrected chi connectivity index (χ1v) is 7.04. The Balaban J connectivity index is 2.47. The average molecular weight is 265 g/mol. The summed E-state index contributed by atoms with van der Waals surface area (Å²) in [5.41, 5.74) is 1.10. The van der Waals surface area contributed by atoms with Crippen LogP contribution in [0.1, 0.15) is 33.3 Å². The molecule has 1 aromatic carbocycles. The summed E-state index contributed by atoms with van der Waals surface area (Å²) in [6.45, 7) is 11.6. The quantitative estimate of drug-likeness (QED) is 0.823. The van der Waals surface area contributed by atoms with E-state index in [1.807, 2.05) is 31.2 Å². The molecule has 1 aromatic rings. The highest BCUT2D eigenvalue weighted by Gasteiger charge is 2.18. The first-order valence-electron chi connectivity index (χ1n) is 7.04. The zero-order chi connectivity index (χ0) is 14.4. The van der Waals surface area contributed by atoms with Crippen LogP contribution in [0.15, 0.2) is 24.3 Å². The largest absolute Gasteiger partial charge is 0.491 e. The molecule has 1 N–H and O–H groups in total. The molecule has 0 aliphatic carbocycles. The fourth-order valence-corrected chi connectivity index (χ4v) is 2.22. The molecule has 0 spiro atoms. The van der Waals surface area contributed by atoms with Crippen LogP contribution in [0.5, 0.6) is 5.75 Å². The zero-order valence-electron chi connectivity index (χ0n) is 12.8. The fraction of sp³-hybridized carbons (Fsp3) is 0.625.